The highest BCUT2D eigenvalue weighted by Gasteiger charge is 2.13. The van der Waals surface area contributed by atoms with Gasteiger partial charge >= 0.3 is 5.97 Å². The van der Waals surface area contributed by atoms with Crippen molar-refractivity contribution in [3.05, 3.63) is 79.1 Å². The van der Waals surface area contributed by atoms with E-state index in [1.54, 1.807) is 18.4 Å². The van der Waals surface area contributed by atoms with E-state index in [-0.39, 0.29) is 19.1 Å². The summed E-state index contributed by atoms with van der Waals surface area (Å²) < 4.78 is 23.4. The van der Waals surface area contributed by atoms with Gasteiger partial charge in [-0.2, -0.15) is 0 Å². The van der Waals surface area contributed by atoms with Crippen molar-refractivity contribution in [3.63, 3.8) is 0 Å². The minimum atomic E-state index is -0.880. The highest BCUT2D eigenvalue weighted by atomic mass is 16.5. The van der Waals surface area contributed by atoms with E-state index in [0.29, 0.717) is 12.4 Å². The van der Waals surface area contributed by atoms with Gasteiger partial charge in [0.05, 0.1) is 25.9 Å². The number of fused-ring (bicyclic) bond motifs is 1. The second kappa shape index (κ2) is 12.0. The van der Waals surface area contributed by atoms with Crippen LogP contribution in [0.5, 0.6) is 17.2 Å². The van der Waals surface area contributed by atoms with Crippen LogP contribution in [-0.4, -0.2) is 30.4 Å². The van der Waals surface area contributed by atoms with E-state index in [1.807, 2.05) is 42.5 Å². The van der Waals surface area contributed by atoms with Crippen molar-refractivity contribution in [1.82, 2.24) is 0 Å². The molecule has 6 nitrogen and oxygen atoms in total. The lowest BCUT2D eigenvalue weighted by molar-refractivity contribution is -0.137. The zero-order valence-corrected chi connectivity index (χ0v) is 19.8. The maximum Gasteiger partial charge on any atom is 0.306 e. The molecule has 1 unspecified atom stereocenters. The van der Waals surface area contributed by atoms with Crippen LogP contribution in [0.4, 0.5) is 0 Å². The predicted octanol–water partition coefficient (Wildman–Crippen LogP) is 6.97. The van der Waals surface area contributed by atoms with Crippen molar-refractivity contribution < 1.29 is 28.5 Å². The summed E-state index contributed by atoms with van der Waals surface area (Å²) in [4.78, 5) is 10.6. The molecule has 6 heteroatoms. The van der Waals surface area contributed by atoms with Crippen LogP contribution in [0.2, 0.25) is 0 Å². The Kier molecular flexibility index (Phi) is 8.28. The first-order valence-corrected chi connectivity index (χ1v) is 11.9. The van der Waals surface area contributed by atoms with Gasteiger partial charge in [0.15, 0.2) is 0 Å². The lowest BCUT2D eigenvalue weighted by atomic mass is 10.0. The summed E-state index contributed by atoms with van der Waals surface area (Å²) in [5.74, 6) is 1.26. The molecule has 0 radical (unpaired) electrons. The summed E-state index contributed by atoms with van der Waals surface area (Å²) in [5, 5.41) is 9.75. The molecular formula is C29H30O6. The molecule has 0 bridgehead atoms. The molecule has 0 saturated heterocycles. The largest absolute Gasteiger partial charge is 0.493 e. The summed E-state index contributed by atoms with van der Waals surface area (Å²) in [7, 11) is 0. The normalized spacial score (nSPS) is 11.8. The minimum absolute atomic E-state index is 0.0274. The number of carbonyl (C=O) groups is 1. The van der Waals surface area contributed by atoms with Gasteiger partial charge in [0, 0.05) is 23.4 Å². The summed E-state index contributed by atoms with van der Waals surface area (Å²) in [6, 6.07) is 23.4. The fourth-order valence-electron chi connectivity index (χ4n) is 3.90. The maximum atomic E-state index is 10.6. The van der Waals surface area contributed by atoms with Gasteiger partial charge in [0.2, 0.25) is 0 Å². The second-order valence-corrected chi connectivity index (χ2v) is 8.30. The van der Waals surface area contributed by atoms with Crippen LogP contribution < -0.4 is 14.2 Å². The Morgan fingerprint density at radius 3 is 2.26 bits per heavy atom. The summed E-state index contributed by atoms with van der Waals surface area (Å²) in [6.45, 7) is 2.80. The van der Waals surface area contributed by atoms with Crippen molar-refractivity contribution in [3.8, 4) is 28.4 Å². The first kappa shape index (κ1) is 24.2. The molecule has 0 amide bonds. The van der Waals surface area contributed by atoms with Crippen molar-refractivity contribution in [2.45, 2.75) is 38.7 Å². The molecule has 1 atom stereocenters. The molecular weight excluding hydrogens is 444 g/mol. The number of benzene rings is 3. The van der Waals surface area contributed by atoms with Gasteiger partial charge in [-0.25, -0.2) is 0 Å². The molecule has 4 aromatic rings. The van der Waals surface area contributed by atoms with Crippen LogP contribution >= 0.6 is 0 Å². The highest BCUT2D eigenvalue weighted by molar-refractivity contribution is 5.94. The smallest absolute Gasteiger partial charge is 0.306 e. The molecule has 3 aromatic carbocycles. The molecule has 1 N–H and O–H groups in total. The molecule has 1 aromatic heterocycles. The summed E-state index contributed by atoms with van der Waals surface area (Å²) >= 11 is 0. The standard InChI is InChI=1S/C29H30O6/c1-2-6-24(15-17-32-22-9-11-23(12-10-22)33-18-16-29(30)31)35-25-13-14-26-27(20-34-28(26)19-25)21-7-4-3-5-8-21/h3-5,7-14,19-20,24H,2,6,15-18H2,1H3,(H,30,31). The fraction of sp³-hybridized carbons (Fsp3) is 0.276. The third-order valence-corrected chi connectivity index (χ3v) is 5.66. The minimum Gasteiger partial charge on any atom is -0.493 e. The first-order valence-electron chi connectivity index (χ1n) is 11.9. The molecule has 4 rings (SSSR count). The molecule has 0 saturated carbocycles. The van der Waals surface area contributed by atoms with Gasteiger partial charge in [-0.05, 0) is 48.4 Å². The van der Waals surface area contributed by atoms with Crippen molar-refractivity contribution in [2.75, 3.05) is 13.2 Å². The Labute approximate surface area is 205 Å². The zero-order chi connectivity index (χ0) is 24.5. The lowest BCUT2D eigenvalue weighted by Gasteiger charge is -2.19. The number of hydrogen-bond acceptors (Lipinski definition) is 5. The number of aliphatic carboxylic acids is 1. The Morgan fingerprint density at radius 2 is 1.57 bits per heavy atom. The van der Waals surface area contributed by atoms with Crippen molar-refractivity contribution in [2.24, 2.45) is 0 Å². The van der Waals surface area contributed by atoms with Crippen LogP contribution in [0.3, 0.4) is 0 Å². The second-order valence-electron chi connectivity index (χ2n) is 8.30. The topological polar surface area (TPSA) is 78.1 Å². The molecule has 1 heterocycles. The average molecular weight is 475 g/mol. The van der Waals surface area contributed by atoms with E-state index in [4.69, 9.17) is 23.7 Å². The van der Waals surface area contributed by atoms with Crippen LogP contribution in [0.1, 0.15) is 32.6 Å². The Hall–Kier alpha value is -3.93. The molecule has 0 aliphatic heterocycles. The molecule has 0 fully saturated rings. The Morgan fingerprint density at radius 1 is 0.886 bits per heavy atom. The van der Waals surface area contributed by atoms with Gasteiger partial charge in [-0.1, -0.05) is 43.7 Å². The Bertz CT molecular complexity index is 1210. The Balaban J connectivity index is 1.31. The van der Waals surface area contributed by atoms with Gasteiger partial charge < -0.3 is 23.7 Å². The van der Waals surface area contributed by atoms with Crippen LogP contribution in [0.25, 0.3) is 22.1 Å². The monoisotopic (exact) mass is 474 g/mol. The van der Waals surface area contributed by atoms with Crippen LogP contribution in [-0.2, 0) is 4.79 Å². The lowest BCUT2D eigenvalue weighted by Crippen LogP contribution is -2.19. The predicted molar refractivity (Wildman–Crippen MR) is 135 cm³/mol. The highest BCUT2D eigenvalue weighted by Crippen LogP contribution is 2.33. The molecule has 35 heavy (non-hydrogen) atoms. The molecule has 182 valence electrons. The number of furan rings is 1. The van der Waals surface area contributed by atoms with E-state index >= 15 is 0 Å². The number of hydrogen-bond donors (Lipinski definition) is 1. The third-order valence-electron chi connectivity index (χ3n) is 5.66. The van der Waals surface area contributed by atoms with E-state index < -0.39 is 5.97 Å². The van der Waals surface area contributed by atoms with E-state index in [1.165, 1.54) is 0 Å². The summed E-state index contributed by atoms with van der Waals surface area (Å²) in [6.07, 6.45) is 4.47. The fourth-order valence-corrected chi connectivity index (χ4v) is 3.90. The van der Waals surface area contributed by atoms with E-state index in [9.17, 15) is 4.79 Å². The third kappa shape index (κ3) is 6.79. The number of carboxylic acid groups (broad SMARTS) is 1. The van der Waals surface area contributed by atoms with E-state index in [0.717, 1.165) is 52.9 Å². The first-order chi connectivity index (χ1) is 17.1. The van der Waals surface area contributed by atoms with Gasteiger partial charge in [0.25, 0.3) is 0 Å². The molecule has 0 spiro atoms. The van der Waals surface area contributed by atoms with Crippen LogP contribution in [0, 0.1) is 0 Å². The van der Waals surface area contributed by atoms with Crippen molar-refractivity contribution >= 4 is 16.9 Å². The van der Waals surface area contributed by atoms with Gasteiger partial charge in [-0.15, -0.1) is 0 Å². The maximum absolute atomic E-state index is 10.6. The van der Waals surface area contributed by atoms with Crippen molar-refractivity contribution in [1.29, 1.82) is 0 Å². The number of carboxylic acids is 1. The van der Waals surface area contributed by atoms with Gasteiger partial charge in [0.1, 0.15) is 28.9 Å². The number of rotatable bonds is 13. The van der Waals surface area contributed by atoms with Crippen LogP contribution in [0.15, 0.2) is 83.5 Å². The zero-order valence-electron chi connectivity index (χ0n) is 19.8. The molecule has 0 aliphatic rings. The average Bonchev–Trinajstić information content (AvgIpc) is 3.29. The molecule has 0 aliphatic carbocycles. The number of ether oxygens (including phenoxy) is 3. The summed E-state index contributed by atoms with van der Waals surface area (Å²) in [5.41, 5.74) is 3.00. The quantitative estimate of drug-likeness (QED) is 0.225. The van der Waals surface area contributed by atoms with E-state index in [2.05, 4.69) is 25.1 Å². The van der Waals surface area contributed by atoms with Gasteiger partial charge in [-0.3, -0.25) is 4.79 Å². The SMILES string of the molecule is CCCC(CCOc1ccc(OCCC(=O)O)cc1)Oc1ccc2c(-c3ccccc3)coc2c1.